The van der Waals surface area contributed by atoms with Crippen molar-refractivity contribution in [3.63, 3.8) is 0 Å². The van der Waals surface area contributed by atoms with Crippen molar-refractivity contribution in [3.8, 4) is 0 Å². The van der Waals surface area contributed by atoms with Crippen molar-refractivity contribution in [2.45, 2.75) is 33.6 Å². The fraction of sp³-hybridized carbons (Fsp3) is 0.571. The van der Waals surface area contributed by atoms with Crippen LogP contribution in [0.3, 0.4) is 0 Å². The van der Waals surface area contributed by atoms with Crippen LogP contribution in [0.5, 0.6) is 0 Å². The summed E-state index contributed by atoms with van der Waals surface area (Å²) in [5.41, 5.74) is 0. The molecule has 0 heterocycles. The molecule has 0 spiro atoms. The van der Waals surface area contributed by atoms with Gasteiger partial charge in [-0.05, 0) is 0 Å². The Morgan fingerprint density at radius 2 is 1.41 bits per heavy atom. The first-order valence-electron chi connectivity index (χ1n) is 6.62. The second kappa shape index (κ2) is 7.81. The molecule has 3 heteroatoms. The van der Waals surface area contributed by atoms with Gasteiger partial charge in [0.2, 0.25) is 0 Å². The first-order chi connectivity index (χ1) is 8.29. The van der Waals surface area contributed by atoms with E-state index < -0.39 is 7.72 Å². The van der Waals surface area contributed by atoms with E-state index in [1.165, 1.54) is 5.30 Å². The Morgan fingerprint density at radius 3 is 1.82 bits per heavy atom. The van der Waals surface area contributed by atoms with Crippen molar-refractivity contribution in [2.75, 3.05) is 19.4 Å². The molecular formula is C14H25O2P. The molecule has 0 aliphatic rings. The van der Waals surface area contributed by atoms with Crippen LogP contribution in [0.4, 0.5) is 0 Å². The number of benzene rings is 1. The van der Waals surface area contributed by atoms with Crippen molar-refractivity contribution in [2.24, 2.45) is 0 Å². The second-order valence-electron chi connectivity index (χ2n) is 4.17. The Bertz CT molecular complexity index is 292. The van der Waals surface area contributed by atoms with Gasteiger partial charge in [-0.2, -0.15) is 0 Å². The first kappa shape index (κ1) is 14.6. The summed E-state index contributed by atoms with van der Waals surface area (Å²) in [4.78, 5) is 0. The molecule has 0 radical (unpaired) electrons. The predicted octanol–water partition coefficient (Wildman–Crippen LogP) is 3.76. The molecular weight excluding hydrogens is 231 g/mol. The molecule has 1 aromatic carbocycles. The van der Waals surface area contributed by atoms with Crippen molar-refractivity contribution in [1.29, 1.82) is 0 Å². The number of hydrogen-bond acceptors (Lipinski definition) is 2. The van der Waals surface area contributed by atoms with Crippen molar-refractivity contribution in [3.05, 3.63) is 30.3 Å². The standard InChI is InChI=1S/C14H25O2P/c1-4-12-15-17(6-3,16-13-5-2)14-10-8-7-9-11-14/h7-11,17H,4-6,12-13H2,1-3H3. The van der Waals surface area contributed by atoms with Crippen LogP contribution < -0.4 is 5.30 Å². The van der Waals surface area contributed by atoms with Crippen LogP contribution >= 0.6 is 7.72 Å². The quantitative estimate of drug-likeness (QED) is 0.659. The van der Waals surface area contributed by atoms with E-state index in [0.29, 0.717) is 0 Å². The zero-order valence-corrected chi connectivity index (χ0v) is 12.2. The van der Waals surface area contributed by atoms with Gasteiger partial charge in [-0.3, -0.25) is 0 Å². The zero-order chi connectivity index (χ0) is 12.6. The van der Waals surface area contributed by atoms with Gasteiger partial charge < -0.3 is 0 Å². The fourth-order valence-corrected chi connectivity index (χ4v) is 4.84. The molecule has 0 amide bonds. The minimum atomic E-state index is -2.19. The fourth-order valence-electron chi connectivity index (χ4n) is 1.84. The van der Waals surface area contributed by atoms with Gasteiger partial charge >= 0.3 is 105 Å². The monoisotopic (exact) mass is 256 g/mol. The molecule has 0 aliphatic heterocycles. The van der Waals surface area contributed by atoms with E-state index in [1.54, 1.807) is 0 Å². The van der Waals surface area contributed by atoms with Gasteiger partial charge in [0.25, 0.3) is 0 Å². The third-order valence-electron chi connectivity index (χ3n) is 2.76. The van der Waals surface area contributed by atoms with Crippen LogP contribution in [-0.4, -0.2) is 19.4 Å². The summed E-state index contributed by atoms with van der Waals surface area (Å²) in [6.45, 7) is 8.03. The summed E-state index contributed by atoms with van der Waals surface area (Å²) in [7, 11) is -2.19. The molecule has 0 atom stereocenters. The van der Waals surface area contributed by atoms with E-state index in [1.807, 2.05) is 6.07 Å². The van der Waals surface area contributed by atoms with Crippen LogP contribution in [0, 0.1) is 0 Å². The Hall–Kier alpha value is -0.430. The molecule has 0 unspecified atom stereocenters. The molecule has 1 aromatic rings. The first-order valence-corrected chi connectivity index (χ1v) is 8.64. The number of hydrogen-bond donors (Lipinski definition) is 0. The summed E-state index contributed by atoms with van der Waals surface area (Å²) in [6, 6.07) is 10.5. The maximum absolute atomic E-state index is 6.13. The van der Waals surface area contributed by atoms with Gasteiger partial charge in [-0.25, -0.2) is 0 Å². The molecule has 0 saturated heterocycles. The van der Waals surface area contributed by atoms with Gasteiger partial charge in [-0.15, -0.1) is 0 Å². The third kappa shape index (κ3) is 4.06. The average molecular weight is 256 g/mol. The Balaban J connectivity index is 2.89. The molecule has 0 aliphatic carbocycles. The summed E-state index contributed by atoms with van der Waals surface area (Å²) >= 11 is 0. The maximum atomic E-state index is 6.13. The Morgan fingerprint density at radius 1 is 0.882 bits per heavy atom. The van der Waals surface area contributed by atoms with E-state index in [2.05, 4.69) is 45.0 Å². The van der Waals surface area contributed by atoms with Crippen molar-refractivity contribution in [1.82, 2.24) is 0 Å². The molecule has 0 N–H and O–H groups in total. The van der Waals surface area contributed by atoms with E-state index in [9.17, 15) is 0 Å². The summed E-state index contributed by atoms with van der Waals surface area (Å²) in [5, 5.41) is 1.25. The molecule has 0 fully saturated rings. The second-order valence-corrected chi connectivity index (χ2v) is 7.54. The molecule has 1 rings (SSSR count). The van der Waals surface area contributed by atoms with E-state index in [-0.39, 0.29) is 0 Å². The molecule has 0 aromatic heterocycles. The predicted molar refractivity (Wildman–Crippen MR) is 77.4 cm³/mol. The number of rotatable bonds is 8. The third-order valence-corrected chi connectivity index (χ3v) is 6.24. The van der Waals surface area contributed by atoms with Gasteiger partial charge in [-0.1, -0.05) is 0 Å². The SMILES string of the molecule is CCCO[PH](CC)(OCCC)c1ccccc1. The molecule has 0 bridgehead atoms. The Kier molecular flexibility index (Phi) is 6.72. The van der Waals surface area contributed by atoms with E-state index in [4.69, 9.17) is 9.05 Å². The molecule has 98 valence electrons. The Labute approximate surface area is 106 Å². The van der Waals surface area contributed by atoms with Crippen LogP contribution in [0.15, 0.2) is 30.3 Å². The normalized spacial score (nSPS) is 12.6. The topological polar surface area (TPSA) is 18.5 Å². The van der Waals surface area contributed by atoms with Crippen LogP contribution in [0.2, 0.25) is 0 Å². The summed E-state index contributed by atoms with van der Waals surface area (Å²) < 4.78 is 12.3. The van der Waals surface area contributed by atoms with Crippen LogP contribution in [0.25, 0.3) is 0 Å². The van der Waals surface area contributed by atoms with Gasteiger partial charge in [0.1, 0.15) is 0 Å². The van der Waals surface area contributed by atoms with E-state index >= 15 is 0 Å². The average Bonchev–Trinajstić information content (AvgIpc) is 2.41. The molecule has 17 heavy (non-hydrogen) atoms. The van der Waals surface area contributed by atoms with Crippen LogP contribution in [-0.2, 0) is 9.05 Å². The minimum absolute atomic E-state index is 0.790. The van der Waals surface area contributed by atoms with Gasteiger partial charge in [0.15, 0.2) is 0 Å². The van der Waals surface area contributed by atoms with Crippen molar-refractivity contribution >= 4 is 13.0 Å². The molecule has 0 saturated carbocycles. The zero-order valence-electron chi connectivity index (χ0n) is 11.2. The van der Waals surface area contributed by atoms with Crippen LogP contribution in [0.1, 0.15) is 33.6 Å². The summed E-state index contributed by atoms with van der Waals surface area (Å²) in [5.74, 6) is 0. The van der Waals surface area contributed by atoms with Gasteiger partial charge in [0.05, 0.1) is 0 Å². The van der Waals surface area contributed by atoms with Crippen molar-refractivity contribution < 1.29 is 9.05 Å². The molecule has 2 nitrogen and oxygen atoms in total. The van der Waals surface area contributed by atoms with E-state index in [0.717, 1.165) is 32.2 Å². The summed E-state index contributed by atoms with van der Waals surface area (Å²) in [6.07, 6.45) is 3.05. The van der Waals surface area contributed by atoms with Gasteiger partial charge in [0, 0.05) is 0 Å².